The van der Waals surface area contributed by atoms with Crippen molar-refractivity contribution in [2.75, 3.05) is 0 Å². The number of amides is 1. The molecule has 0 radical (unpaired) electrons. The number of esters is 1. The first kappa shape index (κ1) is 46.7. The van der Waals surface area contributed by atoms with Gasteiger partial charge in [-0.15, -0.1) is 0 Å². The van der Waals surface area contributed by atoms with Crippen LogP contribution in [0.2, 0.25) is 0 Å². The standard InChI is InChI=1S/C33H49NO8.2C2H6/c1-5-6-7-8-9-10-11-12-13-14-15-16-17-18-19-20-21-22-31(40)42-33(24-29(36)37,25-30(38)39)32(41)34-28(27(4)35)23-26(2)3;2*1-2/h6-7,9-10,12-13,15-16,18-19,26,28H,5,8,11,14,17,20-25H2,1-4H3,(H,34,41)(H,36,37)(H,38,39);2*1-2H3/b7-6-,10-9-,13-12-,16-15-,19-18-;;/t28-;;/m0../s1. The highest BCUT2D eigenvalue weighted by Crippen LogP contribution is 2.24. The molecule has 46 heavy (non-hydrogen) atoms. The molecule has 9 nitrogen and oxygen atoms in total. The molecule has 0 heterocycles. The number of carbonyl (C=O) groups excluding carboxylic acids is 3. The van der Waals surface area contributed by atoms with Crippen LogP contribution >= 0.6 is 0 Å². The van der Waals surface area contributed by atoms with Crippen molar-refractivity contribution >= 4 is 29.6 Å². The Balaban J connectivity index is -0.00000443. The van der Waals surface area contributed by atoms with Crippen LogP contribution in [0, 0.1) is 5.92 Å². The first-order valence-corrected chi connectivity index (χ1v) is 16.6. The van der Waals surface area contributed by atoms with Crippen molar-refractivity contribution in [3.05, 3.63) is 60.8 Å². The molecular formula is C37H61NO8. The number of hydrogen-bond acceptors (Lipinski definition) is 6. The molecule has 3 N–H and O–H groups in total. The van der Waals surface area contributed by atoms with Crippen LogP contribution in [0.1, 0.15) is 126 Å². The monoisotopic (exact) mass is 647 g/mol. The maximum Gasteiger partial charge on any atom is 0.308 e. The van der Waals surface area contributed by atoms with Crippen LogP contribution in [-0.4, -0.2) is 51.5 Å². The topological polar surface area (TPSA) is 147 Å². The Hall–Kier alpha value is -3.75. The highest BCUT2D eigenvalue weighted by atomic mass is 16.6. The molecule has 0 bridgehead atoms. The number of allylic oxidation sites excluding steroid dienone is 10. The number of hydrogen-bond donors (Lipinski definition) is 3. The van der Waals surface area contributed by atoms with Gasteiger partial charge in [0.05, 0.1) is 18.9 Å². The number of unbranched alkanes of at least 4 members (excludes halogenated alkanes) is 1. The van der Waals surface area contributed by atoms with Gasteiger partial charge < -0.3 is 20.3 Å². The Kier molecular flexibility index (Phi) is 31.7. The van der Waals surface area contributed by atoms with Gasteiger partial charge in [-0.25, -0.2) is 0 Å². The van der Waals surface area contributed by atoms with Gasteiger partial charge in [-0.3, -0.25) is 24.0 Å². The van der Waals surface area contributed by atoms with Gasteiger partial charge in [0.15, 0.2) is 5.78 Å². The summed E-state index contributed by atoms with van der Waals surface area (Å²) in [4.78, 5) is 60.8. The van der Waals surface area contributed by atoms with Crippen molar-refractivity contribution in [1.82, 2.24) is 5.32 Å². The Labute approximate surface area is 278 Å². The second-order valence-electron chi connectivity index (χ2n) is 10.5. The molecule has 0 rings (SSSR count). The Morgan fingerprint density at radius 1 is 0.717 bits per heavy atom. The summed E-state index contributed by atoms with van der Waals surface area (Å²) >= 11 is 0. The molecule has 0 fully saturated rings. The van der Waals surface area contributed by atoms with Gasteiger partial charge >= 0.3 is 17.9 Å². The fourth-order valence-corrected chi connectivity index (χ4v) is 3.92. The van der Waals surface area contributed by atoms with E-state index in [0.29, 0.717) is 12.8 Å². The second-order valence-corrected chi connectivity index (χ2v) is 10.5. The highest BCUT2D eigenvalue weighted by Gasteiger charge is 2.47. The molecule has 0 unspecified atom stereocenters. The van der Waals surface area contributed by atoms with Crippen LogP contribution in [0.25, 0.3) is 0 Å². The number of Topliss-reactive ketones (excluding diaryl/α,β-unsaturated/α-hetero) is 1. The van der Waals surface area contributed by atoms with E-state index in [1.807, 2.05) is 59.8 Å². The summed E-state index contributed by atoms with van der Waals surface area (Å²) < 4.78 is 5.26. The number of rotatable bonds is 23. The minimum Gasteiger partial charge on any atom is -0.481 e. The molecule has 0 saturated heterocycles. The fourth-order valence-electron chi connectivity index (χ4n) is 3.92. The summed E-state index contributed by atoms with van der Waals surface area (Å²) in [6.45, 7) is 15.1. The van der Waals surface area contributed by atoms with Gasteiger partial charge in [0.1, 0.15) is 0 Å². The normalized spacial score (nSPS) is 12.3. The van der Waals surface area contributed by atoms with Crippen molar-refractivity contribution in [2.45, 2.75) is 138 Å². The molecule has 1 amide bonds. The number of ketones is 1. The van der Waals surface area contributed by atoms with Gasteiger partial charge in [-0.05, 0) is 64.2 Å². The summed E-state index contributed by atoms with van der Waals surface area (Å²) in [5.74, 6) is -5.38. The Morgan fingerprint density at radius 2 is 1.13 bits per heavy atom. The largest absolute Gasteiger partial charge is 0.481 e. The third-order valence-corrected chi connectivity index (χ3v) is 6.01. The van der Waals surface area contributed by atoms with E-state index in [4.69, 9.17) is 4.74 Å². The number of ether oxygens (including phenoxy) is 1. The summed E-state index contributed by atoms with van der Waals surface area (Å²) in [6, 6.07) is -0.964. The quantitative estimate of drug-likeness (QED) is 0.0570. The predicted molar refractivity (Wildman–Crippen MR) is 186 cm³/mol. The van der Waals surface area contributed by atoms with E-state index in [1.54, 1.807) is 0 Å². The molecule has 1 atom stereocenters. The van der Waals surface area contributed by atoms with Crippen molar-refractivity contribution < 1.29 is 38.9 Å². The zero-order valence-corrected chi connectivity index (χ0v) is 29.6. The predicted octanol–water partition coefficient (Wildman–Crippen LogP) is 8.31. The third kappa shape index (κ3) is 26.6. The average molecular weight is 648 g/mol. The van der Waals surface area contributed by atoms with Gasteiger partial charge in [0.2, 0.25) is 5.60 Å². The summed E-state index contributed by atoms with van der Waals surface area (Å²) in [6.07, 6.45) is 24.3. The van der Waals surface area contributed by atoms with Crippen LogP contribution in [-0.2, 0) is 28.7 Å². The van der Waals surface area contributed by atoms with Crippen LogP contribution in [0.4, 0.5) is 0 Å². The molecule has 9 heteroatoms. The van der Waals surface area contributed by atoms with E-state index in [9.17, 15) is 34.2 Å². The van der Waals surface area contributed by atoms with Crippen molar-refractivity contribution in [1.29, 1.82) is 0 Å². The lowest BCUT2D eigenvalue weighted by Crippen LogP contribution is -2.56. The number of carbonyl (C=O) groups is 5. The number of aliphatic carboxylic acids is 2. The van der Waals surface area contributed by atoms with Crippen LogP contribution in [0.3, 0.4) is 0 Å². The average Bonchev–Trinajstić information content (AvgIpc) is 2.99. The maximum absolute atomic E-state index is 13.1. The minimum atomic E-state index is -2.48. The zero-order chi connectivity index (χ0) is 35.8. The summed E-state index contributed by atoms with van der Waals surface area (Å²) in [5, 5.41) is 21.2. The third-order valence-electron chi connectivity index (χ3n) is 6.01. The molecule has 0 aromatic rings. The van der Waals surface area contributed by atoms with E-state index in [2.05, 4.69) is 54.8 Å². The van der Waals surface area contributed by atoms with E-state index < -0.39 is 48.3 Å². The lowest BCUT2D eigenvalue weighted by molar-refractivity contribution is -0.177. The molecule has 0 aromatic heterocycles. The first-order chi connectivity index (χ1) is 21.9. The Bertz CT molecular complexity index is 989. The minimum absolute atomic E-state index is 0.0195. The van der Waals surface area contributed by atoms with Crippen LogP contribution in [0.15, 0.2) is 60.8 Å². The van der Waals surface area contributed by atoms with Crippen LogP contribution < -0.4 is 5.32 Å². The molecule has 0 aromatic carbocycles. The first-order valence-electron chi connectivity index (χ1n) is 16.6. The molecule has 0 aliphatic rings. The number of carboxylic acids is 2. The molecule has 0 aliphatic heterocycles. The zero-order valence-electron chi connectivity index (χ0n) is 29.6. The maximum atomic E-state index is 13.1. The van der Waals surface area contributed by atoms with E-state index in [0.717, 1.165) is 32.1 Å². The fraction of sp³-hybridized carbons (Fsp3) is 0.595. The van der Waals surface area contributed by atoms with E-state index >= 15 is 0 Å². The van der Waals surface area contributed by atoms with Crippen molar-refractivity contribution in [2.24, 2.45) is 5.92 Å². The Morgan fingerprint density at radius 3 is 1.50 bits per heavy atom. The van der Waals surface area contributed by atoms with Gasteiger partial charge in [0.25, 0.3) is 5.91 Å². The van der Waals surface area contributed by atoms with E-state index in [1.165, 1.54) is 6.92 Å². The highest BCUT2D eigenvalue weighted by molar-refractivity contribution is 5.97. The number of nitrogens with one attached hydrogen (secondary N) is 1. The van der Waals surface area contributed by atoms with Gasteiger partial charge in [-0.1, -0.05) is 109 Å². The lowest BCUT2D eigenvalue weighted by atomic mass is 9.92. The number of carboxylic acid groups (broad SMARTS) is 2. The molecule has 0 spiro atoms. The second kappa shape index (κ2) is 31.2. The van der Waals surface area contributed by atoms with Gasteiger partial charge in [0, 0.05) is 6.42 Å². The van der Waals surface area contributed by atoms with Gasteiger partial charge in [-0.2, -0.15) is 0 Å². The van der Waals surface area contributed by atoms with Crippen LogP contribution in [0.5, 0.6) is 0 Å². The summed E-state index contributed by atoms with van der Waals surface area (Å²) in [7, 11) is 0. The molecule has 262 valence electrons. The molecule has 0 saturated carbocycles. The van der Waals surface area contributed by atoms with E-state index in [-0.39, 0.29) is 24.5 Å². The molecule has 0 aliphatic carbocycles. The summed E-state index contributed by atoms with van der Waals surface area (Å²) in [5.41, 5.74) is -2.48. The lowest BCUT2D eigenvalue weighted by Gasteiger charge is -2.31. The SMILES string of the molecule is CC.CC.CC/C=C\C/C=C\C/C=C\C/C=C\C/C=C\CCCC(=O)OC(CC(=O)O)(CC(=O)O)C(=O)N[C@@H](CC(C)C)C(C)=O. The van der Waals surface area contributed by atoms with Crippen molar-refractivity contribution in [3.8, 4) is 0 Å². The van der Waals surface area contributed by atoms with Crippen molar-refractivity contribution in [3.63, 3.8) is 0 Å². The molecular weight excluding hydrogens is 586 g/mol. The smallest absolute Gasteiger partial charge is 0.308 e.